The topological polar surface area (TPSA) is 111 Å². The summed E-state index contributed by atoms with van der Waals surface area (Å²) in [6.07, 6.45) is -4.03. The maximum absolute atomic E-state index is 17.0. The van der Waals surface area contributed by atoms with Crippen molar-refractivity contribution in [3.63, 3.8) is 0 Å². The summed E-state index contributed by atoms with van der Waals surface area (Å²) in [6, 6.07) is 0.648. The first-order valence-corrected chi connectivity index (χ1v) is 16.0. The summed E-state index contributed by atoms with van der Waals surface area (Å²) in [5.41, 5.74) is 2.13. The smallest absolute Gasteiger partial charge is 0.418 e. The van der Waals surface area contributed by atoms with Crippen molar-refractivity contribution >= 4 is 34.1 Å². The van der Waals surface area contributed by atoms with Gasteiger partial charge in [0.05, 0.1) is 58.6 Å². The Kier molecular flexibility index (Phi) is 8.25. The molecule has 0 aliphatic carbocycles. The fraction of sp³-hybridized carbons (Fsp3) is 0.581. The number of aryl methyl sites for hydroxylation is 1. The Labute approximate surface area is 272 Å². The minimum absolute atomic E-state index is 0.0592. The number of ether oxygens (including phenoxy) is 3. The summed E-state index contributed by atoms with van der Waals surface area (Å²) in [7, 11) is 1.79. The van der Waals surface area contributed by atoms with E-state index in [9.17, 15) is 17.6 Å². The van der Waals surface area contributed by atoms with Gasteiger partial charge in [-0.3, -0.25) is 4.90 Å². The maximum atomic E-state index is 17.0. The number of pyridine rings is 1. The number of nitrogen functional groups attached to an aromatic ring is 1. The Morgan fingerprint density at radius 2 is 2.02 bits per heavy atom. The van der Waals surface area contributed by atoms with E-state index in [0.29, 0.717) is 32.8 Å². The second kappa shape index (κ2) is 12.0. The number of rotatable bonds is 7. The van der Waals surface area contributed by atoms with E-state index < -0.39 is 45.5 Å². The number of alkyl halides is 4. The van der Waals surface area contributed by atoms with Crippen LogP contribution in [0.2, 0.25) is 5.02 Å². The zero-order chi connectivity index (χ0) is 33.2. The van der Waals surface area contributed by atoms with E-state index in [2.05, 4.69) is 20.2 Å². The van der Waals surface area contributed by atoms with E-state index in [4.69, 9.17) is 36.5 Å². The minimum Gasteiger partial charge on any atom is -0.491 e. The lowest BCUT2D eigenvalue weighted by Crippen LogP contribution is -2.46. The van der Waals surface area contributed by atoms with Gasteiger partial charge in [0.25, 0.3) is 0 Å². The Bertz CT molecular complexity index is 1710. The zero-order valence-corrected chi connectivity index (χ0v) is 26.6. The number of halogens is 6. The van der Waals surface area contributed by atoms with Crippen molar-refractivity contribution < 1.29 is 36.2 Å². The summed E-state index contributed by atoms with van der Waals surface area (Å²) in [4.78, 5) is 17.2. The molecule has 0 amide bonds. The van der Waals surface area contributed by atoms with Gasteiger partial charge in [0.15, 0.2) is 11.6 Å². The number of anilines is 2. The fourth-order valence-corrected chi connectivity index (χ4v) is 8.00. The molecule has 4 aliphatic rings. The van der Waals surface area contributed by atoms with Gasteiger partial charge >= 0.3 is 12.2 Å². The van der Waals surface area contributed by atoms with Gasteiger partial charge in [-0.2, -0.15) is 23.1 Å². The van der Waals surface area contributed by atoms with E-state index >= 15 is 4.39 Å². The molecular weight excluding hydrogens is 649 g/mol. The second-order valence-electron chi connectivity index (χ2n) is 12.8. The molecule has 3 saturated heterocycles. The molecule has 6 heterocycles. The van der Waals surface area contributed by atoms with Crippen molar-refractivity contribution in [2.75, 3.05) is 70.3 Å². The lowest BCUT2D eigenvalue weighted by atomic mass is 9.95. The maximum Gasteiger partial charge on any atom is 0.418 e. The molecule has 254 valence electrons. The van der Waals surface area contributed by atoms with Crippen LogP contribution in [-0.2, 0) is 10.9 Å². The predicted molar refractivity (Wildman–Crippen MR) is 165 cm³/mol. The molecule has 10 nitrogen and oxygen atoms in total. The number of benzene rings is 1. The van der Waals surface area contributed by atoms with E-state index in [1.807, 2.05) is 4.90 Å². The lowest BCUT2D eigenvalue weighted by molar-refractivity contribution is -0.137. The fourth-order valence-electron chi connectivity index (χ4n) is 7.68. The molecule has 0 saturated carbocycles. The van der Waals surface area contributed by atoms with Crippen LogP contribution in [-0.4, -0.2) is 97.3 Å². The number of nitrogens with two attached hydrogens (primary N) is 1. The molecule has 0 radical (unpaired) electrons. The second-order valence-corrected chi connectivity index (χ2v) is 13.2. The molecule has 7 rings (SSSR count). The van der Waals surface area contributed by atoms with Crippen LogP contribution >= 0.6 is 11.6 Å². The normalized spacial score (nSPS) is 25.9. The Morgan fingerprint density at radius 1 is 1.21 bits per heavy atom. The third-order valence-corrected chi connectivity index (χ3v) is 10.2. The molecule has 3 aromatic rings. The van der Waals surface area contributed by atoms with Crippen molar-refractivity contribution in [2.24, 2.45) is 5.92 Å². The van der Waals surface area contributed by atoms with Crippen molar-refractivity contribution in [3.05, 3.63) is 28.0 Å². The van der Waals surface area contributed by atoms with Crippen LogP contribution in [0.3, 0.4) is 0 Å². The van der Waals surface area contributed by atoms with Gasteiger partial charge in [-0.15, -0.1) is 0 Å². The first kappa shape index (κ1) is 32.3. The summed E-state index contributed by atoms with van der Waals surface area (Å²) in [6.45, 7) is 4.06. The third-order valence-electron chi connectivity index (χ3n) is 9.81. The predicted octanol–water partition coefficient (Wildman–Crippen LogP) is 4.78. The number of hydrogen-bond donors (Lipinski definition) is 2. The largest absolute Gasteiger partial charge is 0.491 e. The summed E-state index contributed by atoms with van der Waals surface area (Å²) in [5, 5.41) is 2.79. The molecule has 4 aliphatic heterocycles. The highest BCUT2D eigenvalue weighted by atomic mass is 35.5. The van der Waals surface area contributed by atoms with Crippen molar-refractivity contribution in [1.29, 1.82) is 0 Å². The van der Waals surface area contributed by atoms with Gasteiger partial charge in [-0.25, -0.2) is 13.8 Å². The van der Waals surface area contributed by atoms with Crippen molar-refractivity contribution in [2.45, 2.75) is 50.1 Å². The van der Waals surface area contributed by atoms with Crippen LogP contribution in [0.15, 0.2) is 6.07 Å². The Hall–Kier alpha value is -3.27. The van der Waals surface area contributed by atoms with Crippen LogP contribution in [0.4, 0.5) is 33.6 Å². The first-order valence-electron chi connectivity index (χ1n) is 15.6. The summed E-state index contributed by atoms with van der Waals surface area (Å²) >= 11 is 6.84. The number of fused-ring (bicyclic) bond motifs is 2. The molecule has 0 spiro atoms. The van der Waals surface area contributed by atoms with Gasteiger partial charge in [0, 0.05) is 32.0 Å². The van der Waals surface area contributed by atoms with Crippen LogP contribution in [0, 0.1) is 18.7 Å². The van der Waals surface area contributed by atoms with Crippen LogP contribution < -0.4 is 25.4 Å². The minimum atomic E-state index is -4.91. The molecule has 3 N–H and O–H groups in total. The first-order chi connectivity index (χ1) is 22.4. The third kappa shape index (κ3) is 5.48. The molecular formula is C31H35ClF5N7O3. The zero-order valence-electron chi connectivity index (χ0n) is 25.9. The average Bonchev–Trinajstić information content (AvgIpc) is 3.68. The van der Waals surface area contributed by atoms with E-state index in [-0.39, 0.29) is 71.5 Å². The lowest BCUT2D eigenvalue weighted by Gasteiger charge is -2.36. The highest BCUT2D eigenvalue weighted by molar-refractivity contribution is 6.36. The standard InChI is InChI=1S/C31H35ClF5N7O3/c1-15-8-19(38)40-25(22(15)31(35,36)37)20-23(32)27-21-26(24(20)34)41-29(47-14-30-4-3-6-43(30)10-17(33)9-30)42-28(21)44(7-5-39-2)18-13-45-11-16(18)12-46-27/h8,16-18,39H,3-7,9-14H2,1-2H3,(H2,38,40)/t16?,17-,18?,30+/m1/s1. The Morgan fingerprint density at radius 3 is 2.79 bits per heavy atom. The van der Waals surface area contributed by atoms with Gasteiger partial charge < -0.3 is 30.2 Å². The molecule has 2 unspecified atom stereocenters. The highest BCUT2D eigenvalue weighted by Gasteiger charge is 2.50. The number of nitrogens with zero attached hydrogens (tertiary/aromatic N) is 5. The number of nitrogens with one attached hydrogen (secondary N) is 1. The van der Waals surface area contributed by atoms with Crippen LogP contribution in [0.1, 0.15) is 30.4 Å². The van der Waals surface area contributed by atoms with E-state index in [1.54, 1.807) is 7.05 Å². The monoisotopic (exact) mass is 683 g/mol. The highest BCUT2D eigenvalue weighted by Crippen LogP contribution is 2.51. The van der Waals surface area contributed by atoms with Gasteiger partial charge in [0.2, 0.25) is 0 Å². The number of aromatic nitrogens is 3. The number of likely N-dealkylation sites (N-methyl/N-ethyl adjacent to an activating group) is 1. The van der Waals surface area contributed by atoms with Crippen LogP contribution in [0.25, 0.3) is 22.2 Å². The molecule has 1 aromatic carbocycles. The number of hydrogen-bond acceptors (Lipinski definition) is 10. The molecule has 47 heavy (non-hydrogen) atoms. The van der Waals surface area contributed by atoms with Crippen LogP contribution in [0.5, 0.6) is 11.8 Å². The SMILES string of the molecule is CNCCN1c2nc(OC[C@@]34CCCN3C[C@H](F)C4)nc3c(F)c(-c4nc(N)cc(C)c4C(F)(F)F)c(Cl)c(c23)OCC2COCC21. The quantitative estimate of drug-likeness (QED) is 0.338. The molecule has 2 aromatic heterocycles. The summed E-state index contributed by atoms with van der Waals surface area (Å²) < 4.78 is 93.1. The van der Waals surface area contributed by atoms with Gasteiger partial charge in [-0.05, 0) is 45.0 Å². The van der Waals surface area contributed by atoms with Crippen molar-refractivity contribution in [1.82, 2.24) is 25.2 Å². The molecule has 16 heteroatoms. The van der Waals surface area contributed by atoms with Gasteiger partial charge in [-0.1, -0.05) is 11.6 Å². The summed E-state index contributed by atoms with van der Waals surface area (Å²) in [5.74, 6) is -1.41. The van der Waals surface area contributed by atoms with Gasteiger partial charge in [0.1, 0.15) is 29.9 Å². The molecule has 3 fully saturated rings. The van der Waals surface area contributed by atoms with Crippen molar-refractivity contribution in [3.8, 4) is 23.0 Å². The van der Waals surface area contributed by atoms with E-state index in [1.165, 1.54) is 6.92 Å². The average molecular weight is 684 g/mol. The molecule has 0 bridgehead atoms. The van der Waals surface area contributed by atoms with E-state index in [0.717, 1.165) is 25.5 Å². The Balaban J connectivity index is 1.47. The molecule has 4 atom stereocenters.